The minimum Gasteiger partial charge on any atom is -0.351 e. The van der Waals surface area contributed by atoms with Gasteiger partial charge in [0.05, 0.1) is 0 Å². The van der Waals surface area contributed by atoms with Crippen molar-refractivity contribution in [2.45, 2.75) is 38.1 Å². The summed E-state index contributed by atoms with van der Waals surface area (Å²) in [5, 5.41) is 5.49. The summed E-state index contributed by atoms with van der Waals surface area (Å²) >= 11 is 0. The molecular weight excluding hydrogens is 316 g/mol. The van der Waals surface area contributed by atoms with Crippen molar-refractivity contribution in [3.8, 4) is 0 Å². The fourth-order valence-corrected chi connectivity index (χ4v) is 3.04. The summed E-state index contributed by atoms with van der Waals surface area (Å²) < 4.78 is 0. The Labute approximate surface area is 142 Å². The van der Waals surface area contributed by atoms with E-state index < -0.39 is 6.03 Å². The van der Waals surface area contributed by atoms with E-state index in [0.717, 1.165) is 12.8 Å². The van der Waals surface area contributed by atoms with Crippen LogP contribution in [0, 0.1) is 5.92 Å². The summed E-state index contributed by atoms with van der Waals surface area (Å²) in [6.45, 7) is 0.440. The van der Waals surface area contributed by atoms with Crippen LogP contribution in [0.15, 0.2) is 24.3 Å². The van der Waals surface area contributed by atoms with Gasteiger partial charge in [0, 0.05) is 23.8 Å². The Morgan fingerprint density at radius 1 is 1.22 bits per heavy atom. The van der Waals surface area contributed by atoms with Gasteiger partial charge >= 0.3 is 6.03 Å². The molecule has 2 rings (SSSR count). The zero-order chi connectivity index (χ0) is 15.9. The molecule has 0 radical (unpaired) electrons. The second kappa shape index (κ2) is 9.37. The minimum absolute atomic E-state index is 0. The van der Waals surface area contributed by atoms with Crippen LogP contribution in [0.5, 0.6) is 0 Å². The average Bonchev–Trinajstić information content (AvgIpc) is 2.53. The van der Waals surface area contributed by atoms with Crippen LogP contribution in [0.4, 0.5) is 10.5 Å². The predicted molar refractivity (Wildman–Crippen MR) is 93.8 cm³/mol. The van der Waals surface area contributed by atoms with Crippen molar-refractivity contribution >= 4 is 30.0 Å². The first-order valence-electron chi connectivity index (χ1n) is 7.77. The Hall–Kier alpha value is -1.79. The maximum atomic E-state index is 12.4. The molecule has 1 fully saturated rings. The van der Waals surface area contributed by atoms with Crippen LogP contribution in [-0.2, 0) is 0 Å². The number of urea groups is 1. The van der Waals surface area contributed by atoms with Gasteiger partial charge in [-0.3, -0.25) is 4.79 Å². The lowest BCUT2D eigenvalue weighted by Gasteiger charge is -2.30. The van der Waals surface area contributed by atoms with Gasteiger partial charge in [0.15, 0.2) is 0 Å². The number of halogens is 1. The molecule has 6 nitrogen and oxygen atoms in total. The summed E-state index contributed by atoms with van der Waals surface area (Å²) in [5.41, 5.74) is 11.9. The first-order chi connectivity index (χ1) is 10.6. The van der Waals surface area contributed by atoms with E-state index in [1.54, 1.807) is 24.3 Å². The van der Waals surface area contributed by atoms with Gasteiger partial charge in [-0.2, -0.15) is 0 Å². The molecule has 0 aliphatic heterocycles. The number of carbonyl (C=O) groups is 2. The van der Waals surface area contributed by atoms with Crippen molar-refractivity contribution < 1.29 is 9.59 Å². The van der Waals surface area contributed by atoms with E-state index in [1.165, 1.54) is 19.3 Å². The van der Waals surface area contributed by atoms with Crippen molar-refractivity contribution in [2.75, 3.05) is 11.9 Å². The summed E-state index contributed by atoms with van der Waals surface area (Å²) in [7, 11) is 0. The van der Waals surface area contributed by atoms with Gasteiger partial charge < -0.3 is 22.1 Å². The first kappa shape index (κ1) is 19.3. The van der Waals surface area contributed by atoms with Crippen molar-refractivity contribution in [2.24, 2.45) is 17.4 Å². The van der Waals surface area contributed by atoms with Gasteiger partial charge in [-0.1, -0.05) is 25.3 Å². The summed E-state index contributed by atoms with van der Waals surface area (Å²) in [4.78, 5) is 23.3. The van der Waals surface area contributed by atoms with E-state index in [0.29, 0.717) is 23.7 Å². The Kier molecular flexibility index (Phi) is 7.85. The van der Waals surface area contributed by atoms with Crippen molar-refractivity contribution in [1.82, 2.24) is 5.32 Å². The average molecular weight is 341 g/mol. The van der Waals surface area contributed by atoms with Crippen LogP contribution in [0.25, 0.3) is 0 Å². The van der Waals surface area contributed by atoms with E-state index in [9.17, 15) is 9.59 Å². The highest BCUT2D eigenvalue weighted by atomic mass is 35.5. The fourth-order valence-electron chi connectivity index (χ4n) is 3.04. The first-order valence-corrected chi connectivity index (χ1v) is 7.77. The van der Waals surface area contributed by atoms with E-state index in [2.05, 4.69) is 10.6 Å². The van der Waals surface area contributed by atoms with Crippen LogP contribution in [-0.4, -0.2) is 24.5 Å². The van der Waals surface area contributed by atoms with Gasteiger partial charge in [0.2, 0.25) is 0 Å². The molecule has 1 saturated carbocycles. The normalized spacial score (nSPS) is 16.0. The maximum Gasteiger partial charge on any atom is 0.316 e. The van der Waals surface area contributed by atoms with Gasteiger partial charge in [-0.05, 0) is 37.0 Å². The summed E-state index contributed by atoms with van der Waals surface area (Å²) in [5.74, 6) is 0.281. The minimum atomic E-state index is -0.653. The molecule has 1 unspecified atom stereocenters. The molecule has 1 aromatic rings. The number of benzene rings is 1. The van der Waals surface area contributed by atoms with E-state index >= 15 is 0 Å². The highest BCUT2D eigenvalue weighted by Crippen LogP contribution is 2.26. The molecule has 1 aromatic carbocycles. The largest absolute Gasteiger partial charge is 0.351 e. The zero-order valence-corrected chi connectivity index (χ0v) is 13.9. The number of anilines is 1. The number of carbonyl (C=O) groups excluding carboxylic acids is 2. The Bertz CT molecular complexity index is 533. The lowest BCUT2D eigenvalue weighted by Crippen LogP contribution is -2.45. The molecule has 6 N–H and O–H groups in total. The molecule has 0 heterocycles. The summed E-state index contributed by atoms with van der Waals surface area (Å²) in [6.07, 6.45) is 5.91. The van der Waals surface area contributed by atoms with Crippen LogP contribution < -0.4 is 22.1 Å². The molecule has 1 aliphatic carbocycles. The molecule has 0 saturated heterocycles. The van der Waals surface area contributed by atoms with E-state index in [4.69, 9.17) is 11.5 Å². The molecule has 0 bridgehead atoms. The number of rotatable bonds is 5. The molecule has 0 aromatic heterocycles. The summed E-state index contributed by atoms with van der Waals surface area (Å²) in [6, 6.07) is 6.05. The molecule has 7 heteroatoms. The number of hydrogen-bond donors (Lipinski definition) is 4. The van der Waals surface area contributed by atoms with Crippen LogP contribution in [0.1, 0.15) is 42.5 Å². The molecular formula is C16H25ClN4O2. The van der Waals surface area contributed by atoms with Crippen LogP contribution in [0.3, 0.4) is 0 Å². The van der Waals surface area contributed by atoms with Gasteiger partial charge in [-0.15, -0.1) is 12.4 Å². The number of amides is 3. The third kappa shape index (κ3) is 5.73. The topological polar surface area (TPSA) is 110 Å². The van der Waals surface area contributed by atoms with Crippen LogP contribution >= 0.6 is 12.4 Å². The lowest BCUT2D eigenvalue weighted by molar-refractivity contribution is 0.0915. The molecule has 1 aliphatic rings. The molecule has 0 spiro atoms. The monoisotopic (exact) mass is 340 g/mol. The highest BCUT2D eigenvalue weighted by Gasteiger charge is 2.24. The zero-order valence-electron chi connectivity index (χ0n) is 13.1. The smallest absolute Gasteiger partial charge is 0.316 e. The van der Waals surface area contributed by atoms with E-state index in [-0.39, 0.29) is 24.4 Å². The lowest BCUT2D eigenvalue weighted by atomic mass is 9.84. The molecule has 1 atom stereocenters. The Morgan fingerprint density at radius 2 is 1.91 bits per heavy atom. The second-order valence-corrected chi connectivity index (χ2v) is 5.78. The van der Waals surface area contributed by atoms with E-state index in [1.807, 2.05) is 0 Å². The number of nitrogens with one attached hydrogen (secondary N) is 2. The fraction of sp³-hybridized carbons (Fsp3) is 0.500. The van der Waals surface area contributed by atoms with Crippen molar-refractivity contribution in [3.05, 3.63) is 29.8 Å². The van der Waals surface area contributed by atoms with Gasteiger partial charge in [0.25, 0.3) is 5.91 Å². The highest BCUT2D eigenvalue weighted by molar-refractivity contribution is 5.96. The Balaban J connectivity index is 0.00000264. The SMILES string of the molecule is Cl.NCC(NC(=O)c1cccc(NC(N)=O)c1)C1CCCCC1. The quantitative estimate of drug-likeness (QED) is 0.659. The third-order valence-electron chi connectivity index (χ3n) is 4.18. The van der Waals surface area contributed by atoms with Crippen LogP contribution in [0.2, 0.25) is 0 Å². The van der Waals surface area contributed by atoms with Crippen molar-refractivity contribution in [3.63, 3.8) is 0 Å². The van der Waals surface area contributed by atoms with Crippen molar-refractivity contribution in [1.29, 1.82) is 0 Å². The predicted octanol–water partition coefficient (Wildman–Crippen LogP) is 2.24. The number of nitrogens with two attached hydrogens (primary N) is 2. The Morgan fingerprint density at radius 3 is 2.52 bits per heavy atom. The number of primary amides is 1. The molecule has 23 heavy (non-hydrogen) atoms. The number of hydrogen-bond acceptors (Lipinski definition) is 3. The standard InChI is InChI=1S/C16H24N4O2.ClH/c17-10-14(11-5-2-1-3-6-11)20-15(21)12-7-4-8-13(9-12)19-16(18)22;/h4,7-9,11,14H,1-3,5-6,10,17H2,(H,20,21)(H3,18,19,22);1H. The van der Waals surface area contributed by atoms with Gasteiger partial charge in [-0.25, -0.2) is 4.79 Å². The molecule has 128 valence electrons. The molecule has 3 amide bonds. The third-order valence-corrected chi connectivity index (χ3v) is 4.18. The van der Waals surface area contributed by atoms with Gasteiger partial charge in [0.1, 0.15) is 0 Å². The maximum absolute atomic E-state index is 12.4. The second-order valence-electron chi connectivity index (χ2n) is 5.78.